The fourth-order valence-electron chi connectivity index (χ4n) is 6.58. The molecule has 334 valence electrons. The summed E-state index contributed by atoms with van der Waals surface area (Å²) < 4.78 is 27.5. The number of nitrogens with zero attached hydrogens (tertiary/aromatic N) is 7. The smallest absolute Gasteiger partial charge is 0.412 e. The molecule has 0 bridgehead atoms. The number of aromatic nitrogens is 4. The lowest BCUT2D eigenvalue weighted by Crippen LogP contribution is -2.18. The third kappa shape index (κ3) is 11.4. The van der Waals surface area contributed by atoms with Crippen molar-refractivity contribution in [2.45, 2.75) is 66.6 Å². The quantitative estimate of drug-likeness (QED) is 0.0825. The lowest BCUT2D eigenvalue weighted by atomic mass is 10.0. The Morgan fingerprint density at radius 3 is 1.69 bits per heavy atom. The van der Waals surface area contributed by atoms with E-state index >= 15 is 0 Å². The van der Waals surface area contributed by atoms with Gasteiger partial charge in [-0.1, -0.05) is 54.1 Å². The number of benzene rings is 4. The van der Waals surface area contributed by atoms with Crippen LogP contribution in [0.15, 0.2) is 87.9 Å². The van der Waals surface area contributed by atoms with Gasteiger partial charge in [0.15, 0.2) is 5.78 Å². The Morgan fingerprint density at radius 1 is 0.754 bits per heavy atom. The molecular formula is C48H47ClN8O8. The minimum absolute atomic E-state index is 0. The normalized spacial score (nSPS) is 11.9. The predicted molar refractivity (Wildman–Crippen MR) is 246 cm³/mol. The number of halogens is 1. The highest BCUT2D eigenvalue weighted by atomic mass is 35.5. The number of carbonyl (C=O) groups excluding carboxylic acids is 3. The van der Waals surface area contributed by atoms with E-state index in [9.17, 15) is 14.4 Å². The van der Waals surface area contributed by atoms with Gasteiger partial charge in [-0.15, -0.1) is 0 Å². The van der Waals surface area contributed by atoms with Gasteiger partial charge in [-0.05, 0) is 106 Å². The number of Topliss-reactive ketones (excluding diaryl/α,β-unsaturated/α-hetero) is 1. The summed E-state index contributed by atoms with van der Waals surface area (Å²) in [6.45, 7) is 22.4. The highest BCUT2D eigenvalue weighted by Gasteiger charge is 2.26. The molecule has 4 aromatic carbocycles. The number of alkyl carbamates (subject to hydrolysis) is 1. The fourth-order valence-corrected chi connectivity index (χ4v) is 6.58. The summed E-state index contributed by atoms with van der Waals surface area (Å²) in [5.41, 5.74) is 7.16. The van der Waals surface area contributed by atoms with Crippen LogP contribution in [0.2, 0.25) is 0 Å². The molecule has 0 radical (unpaired) electrons. The zero-order valence-corrected chi connectivity index (χ0v) is 36.8. The Morgan fingerprint density at radius 2 is 1.23 bits per heavy atom. The Labute approximate surface area is 381 Å². The van der Waals surface area contributed by atoms with Gasteiger partial charge in [0.05, 0.1) is 25.4 Å². The number of hydrogen-bond donors (Lipinski definition) is 1. The van der Waals surface area contributed by atoms with Crippen LogP contribution in [0.25, 0.3) is 61.1 Å². The monoisotopic (exact) mass is 898 g/mol. The minimum Gasteiger partial charge on any atom is -0.502 e. The standard InChI is InChI=1S/C23H20N4O4.C21H17N3O3.C3H6ClNO.CH4/c1-13(2)29-20-10-8-14(12-18(20)24-3)22-26-21(27-31-22)17-7-5-6-16-15(17)9-11-19(16)30-23(28)25-4;1-12(2)26-19-10-7-13(11-17(19)22-3)21-23-20(24-27-21)16-6-4-5-15-14(16)8-9-18(15)25;1-5(2)3(4)6;/h5-8,10-13H,9H2,1-2,4H3,(H,25,28);4-7,10-12H,8-9H2,1-2H3;1-2H3;1H4. The van der Waals surface area contributed by atoms with Crippen molar-refractivity contribution in [3.05, 3.63) is 124 Å². The fraction of sp³-hybridized carbons (Fsp3) is 0.271. The minimum atomic E-state index is -0.521. The second kappa shape index (κ2) is 21.5. The second-order valence-electron chi connectivity index (χ2n) is 14.9. The highest BCUT2D eigenvalue weighted by molar-refractivity contribution is 6.62. The number of fused-ring (bicyclic) bond motifs is 2. The van der Waals surface area contributed by atoms with Crippen molar-refractivity contribution < 1.29 is 37.6 Å². The van der Waals surface area contributed by atoms with Gasteiger partial charge >= 0.3 is 11.5 Å². The summed E-state index contributed by atoms with van der Waals surface area (Å²) >= 11 is 4.90. The van der Waals surface area contributed by atoms with Crippen molar-refractivity contribution in [1.82, 2.24) is 30.5 Å². The maximum atomic E-state index is 12.0. The molecule has 0 saturated carbocycles. The number of carbonyl (C=O) groups is 3. The van der Waals surface area contributed by atoms with Gasteiger partial charge in [0.2, 0.25) is 23.0 Å². The van der Waals surface area contributed by atoms with Crippen LogP contribution in [0, 0.1) is 13.1 Å². The van der Waals surface area contributed by atoms with Crippen molar-refractivity contribution in [2.24, 2.45) is 0 Å². The Bertz CT molecular complexity index is 2830. The van der Waals surface area contributed by atoms with Crippen molar-refractivity contribution >= 4 is 46.0 Å². The van der Waals surface area contributed by atoms with Crippen molar-refractivity contribution in [1.29, 1.82) is 0 Å². The number of ketones is 1. The van der Waals surface area contributed by atoms with Crippen molar-refractivity contribution in [2.75, 3.05) is 21.1 Å². The molecule has 2 amide bonds. The number of hydrogen-bond acceptors (Lipinski definition) is 12. The SMILES string of the molecule is C.CN(C)C(=O)Cl.[C-]#[N+]c1cc(-c2nc(-c3cccc4c3CC=C4OC(=O)NC)no2)ccc1OC(C)C.[C-]#[N+]c1cc(-c2nc(-c3cccc4c3CCC4=O)no2)ccc1OC(C)C. The first-order valence-corrected chi connectivity index (χ1v) is 20.4. The van der Waals surface area contributed by atoms with Gasteiger partial charge in [0, 0.05) is 60.9 Å². The maximum absolute atomic E-state index is 12.0. The first-order chi connectivity index (χ1) is 30.7. The van der Waals surface area contributed by atoms with Crippen molar-refractivity contribution in [3.63, 3.8) is 0 Å². The van der Waals surface area contributed by atoms with Crippen LogP contribution < -0.4 is 14.8 Å². The maximum Gasteiger partial charge on any atom is 0.412 e. The van der Waals surface area contributed by atoms with Crippen LogP contribution in [0.3, 0.4) is 0 Å². The zero-order valence-electron chi connectivity index (χ0n) is 36.1. The first kappa shape index (κ1) is 48.2. The third-order valence-corrected chi connectivity index (χ3v) is 9.82. The van der Waals surface area contributed by atoms with E-state index in [1.54, 1.807) is 50.5 Å². The molecule has 2 aliphatic carbocycles. The molecule has 0 saturated heterocycles. The predicted octanol–water partition coefficient (Wildman–Crippen LogP) is 11.4. The highest BCUT2D eigenvalue weighted by Crippen LogP contribution is 2.38. The summed E-state index contributed by atoms with van der Waals surface area (Å²) in [5, 5.41) is 10.2. The summed E-state index contributed by atoms with van der Waals surface area (Å²) in [7, 11) is 4.70. The van der Waals surface area contributed by atoms with Crippen LogP contribution in [-0.4, -0.2) is 75.8 Å². The van der Waals surface area contributed by atoms with E-state index < -0.39 is 11.5 Å². The Hall–Kier alpha value is -7.82. The van der Waals surface area contributed by atoms with E-state index in [-0.39, 0.29) is 25.4 Å². The van der Waals surface area contributed by atoms with E-state index in [2.05, 4.69) is 35.3 Å². The van der Waals surface area contributed by atoms with E-state index in [4.69, 9.17) is 48.0 Å². The number of allylic oxidation sites excluding steroid dienone is 1. The van der Waals surface area contributed by atoms with Crippen LogP contribution in [0.4, 0.5) is 21.0 Å². The molecule has 6 aromatic rings. The lowest BCUT2D eigenvalue weighted by molar-refractivity contribution is 0.0994. The molecule has 0 atom stereocenters. The molecule has 2 heterocycles. The van der Waals surface area contributed by atoms with Gasteiger partial charge < -0.3 is 33.5 Å². The van der Waals surface area contributed by atoms with Gasteiger partial charge in [0.1, 0.15) is 17.3 Å². The van der Waals surface area contributed by atoms with Gasteiger partial charge in [0.25, 0.3) is 11.8 Å². The van der Waals surface area contributed by atoms with E-state index in [0.29, 0.717) is 82.5 Å². The van der Waals surface area contributed by atoms with Gasteiger partial charge in [-0.2, -0.15) is 9.97 Å². The van der Waals surface area contributed by atoms with Gasteiger partial charge in [-0.25, -0.2) is 14.5 Å². The van der Waals surface area contributed by atoms with Gasteiger partial charge in [-0.3, -0.25) is 9.59 Å². The number of nitrogens with one attached hydrogen (secondary N) is 1. The third-order valence-electron chi connectivity index (χ3n) is 9.48. The molecule has 65 heavy (non-hydrogen) atoms. The summed E-state index contributed by atoms with van der Waals surface area (Å²) in [4.78, 5) is 50.8. The summed E-state index contributed by atoms with van der Waals surface area (Å²) in [6, 6.07) is 21.6. The van der Waals surface area contributed by atoms with Crippen LogP contribution in [0.1, 0.15) is 68.6 Å². The average molecular weight is 899 g/mol. The molecule has 0 fully saturated rings. The largest absolute Gasteiger partial charge is 0.502 e. The Kier molecular flexibility index (Phi) is 16.0. The number of ether oxygens (including phenoxy) is 3. The first-order valence-electron chi connectivity index (χ1n) is 20.0. The van der Waals surface area contributed by atoms with Crippen LogP contribution >= 0.6 is 11.6 Å². The molecule has 16 nitrogen and oxygen atoms in total. The molecule has 2 aliphatic rings. The second-order valence-corrected chi connectivity index (χ2v) is 15.2. The van der Waals surface area contributed by atoms with E-state index in [0.717, 1.165) is 33.4 Å². The van der Waals surface area contributed by atoms with Crippen molar-refractivity contribution in [3.8, 4) is 57.2 Å². The molecule has 2 aromatic heterocycles. The number of amides is 2. The lowest BCUT2D eigenvalue weighted by Gasteiger charge is -2.11. The van der Waals surface area contributed by atoms with Crippen LogP contribution in [-0.2, 0) is 17.6 Å². The topological polar surface area (TPSA) is 181 Å². The average Bonchev–Trinajstić information content (AvgIpc) is 4.12. The Balaban J connectivity index is 0.000000216. The molecule has 0 spiro atoms. The van der Waals surface area contributed by atoms with E-state index in [1.807, 2.05) is 70.2 Å². The molecule has 17 heteroatoms. The molecule has 0 unspecified atom stereocenters. The van der Waals surface area contributed by atoms with Crippen LogP contribution in [0.5, 0.6) is 11.5 Å². The molecule has 0 aliphatic heterocycles. The molecular weight excluding hydrogens is 852 g/mol. The summed E-state index contributed by atoms with van der Waals surface area (Å²) in [6.07, 6.45) is 3.07. The van der Waals surface area contributed by atoms with E-state index in [1.165, 1.54) is 11.9 Å². The molecule has 1 N–H and O–H groups in total. The molecule has 8 rings (SSSR count). The zero-order chi connectivity index (χ0) is 46.1. The summed E-state index contributed by atoms with van der Waals surface area (Å²) in [5.74, 6) is 3.21. The number of rotatable bonds is 9.